The van der Waals surface area contributed by atoms with Gasteiger partial charge in [-0.05, 0) is 26.2 Å². The van der Waals surface area contributed by atoms with Gasteiger partial charge in [-0.3, -0.25) is 4.79 Å². The van der Waals surface area contributed by atoms with Crippen molar-refractivity contribution in [1.82, 2.24) is 4.90 Å². The van der Waals surface area contributed by atoms with Crippen LogP contribution in [0.3, 0.4) is 0 Å². The molecule has 2 rings (SSSR count). The van der Waals surface area contributed by atoms with Crippen molar-refractivity contribution in [1.29, 1.82) is 0 Å². The molecule has 2 unspecified atom stereocenters. The van der Waals surface area contributed by atoms with Crippen LogP contribution in [0.1, 0.15) is 26.2 Å². The van der Waals surface area contributed by atoms with E-state index in [0.717, 1.165) is 19.3 Å². The number of carbonyl (C=O) groups excluding carboxylic acids is 1. The lowest BCUT2D eigenvalue weighted by Crippen LogP contribution is -2.39. The van der Waals surface area contributed by atoms with Crippen molar-refractivity contribution >= 4 is 17.5 Å². The quantitative estimate of drug-likeness (QED) is 0.689. The summed E-state index contributed by atoms with van der Waals surface area (Å²) in [6.45, 7) is 3.30. The molecule has 15 heavy (non-hydrogen) atoms. The van der Waals surface area contributed by atoms with E-state index in [9.17, 15) is 4.79 Å². The number of halogens is 1. The van der Waals surface area contributed by atoms with E-state index in [1.807, 2.05) is 11.8 Å². The van der Waals surface area contributed by atoms with Gasteiger partial charge >= 0.3 is 0 Å². The summed E-state index contributed by atoms with van der Waals surface area (Å²) in [6.07, 6.45) is 3.39. The van der Waals surface area contributed by atoms with E-state index in [1.165, 1.54) is 0 Å². The molecule has 4 heteroatoms. The summed E-state index contributed by atoms with van der Waals surface area (Å²) in [5, 5.41) is 0. The summed E-state index contributed by atoms with van der Waals surface area (Å²) < 4.78 is 5.43. The first-order valence-electron chi connectivity index (χ1n) is 5.70. The Labute approximate surface area is 95.7 Å². The van der Waals surface area contributed by atoms with Crippen LogP contribution in [0.4, 0.5) is 0 Å². The van der Waals surface area contributed by atoms with Crippen LogP contribution in [-0.2, 0) is 9.53 Å². The van der Waals surface area contributed by atoms with Crippen molar-refractivity contribution in [3.63, 3.8) is 0 Å². The van der Waals surface area contributed by atoms with Gasteiger partial charge in [0.1, 0.15) is 0 Å². The second kappa shape index (κ2) is 4.71. The van der Waals surface area contributed by atoms with Gasteiger partial charge in [-0.25, -0.2) is 0 Å². The molecule has 3 nitrogen and oxygen atoms in total. The summed E-state index contributed by atoms with van der Waals surface area (Å²) in [6, 6.07) is 0.465. The van der Waals surface area contributed by atoms with Gasteiger partial charge in [0.2, 0.25) is 5.91 Å². The van der Waals surface area contributed by atoms with Gasteiger partial charge in [0.25, 0.3) is 0 Å². The molecule has 0 bridgehead atoms. The van der Waals surface area contributed by atoms with Crippen LogP contribution in [0.25, 0.3) is 0 Å². The third-order valence-corrected chi connectivity index (χ3v) is 3.31. The molecule has 1 saturated heterocycles. The van der Waals surface area contributed by atoms with Crippen molar-refractivity contribution < 1.29 is 9.53 Å². The van der Waals surface area contributed by atoms with Crippen LogP contribution in [0, 0.1) is 5.92 Å². The number of hydrogen-bond acceptors (Lipinski definition) is 2. The van der Waals surface area contributed by atoms with Crippen LogP contribution in [0.15, 0.2) is 0 Å². The van der Waals surface area contributed by atoms with Gasteiger partial charge in [0.05, 0.1) is 18.6 Å². The SMILES string of the molecule is CC1CC(C(=O)N(CCCl)C2CC2)CO1. The smallest absolute Gasteiger partial charge is 0.228 e. The summed E-state index contributed by atoms with van der Waals surface area (Å²) in [4.78, 5) is 14.1. The minimum Gasteiger partial charge on any atom is -0.378 e. The monoisotopic (exact) mass is 231 g/mol. The van der Waals surface area contributed by atoms with E-state index >= 15 is 0 Å². The molecule has 0 N–H and O–H groups in total. The van der Waals surface area contributed by atoms with Crippen LogP contribution in [0.2, 0.25) is 0 Å². The number of carbonyl (C=O) groups is 1. The lowest BCUT2D eigenvalue weighted by atomic mass is 10.0. The van der Waals surface area contributed by atoms with E-state index in [0.29, 0.717) is 25.1 Å². The number of hydrogen-bond donors (Lipinski definition) is 0. The number of rotatable bonds is 4. The minimum absolute atomic E-state index is 0.0730. The average molecular weight is 232 g/mol. The average Bonchev–Trinajstić information content (AvgIpc) is 2.96. The Bertz CT molecular complexity index is 243. The molecule has 1 amide bonds. The van der Waals surface area contributed by atoms with Gasteiger partial charge in [0, 0.05) is 18.5 Å². The predicted molar refractivity (Wildman–Crippen MR) is 59.0 cm³/mol. The second-order valence-corrected chi connectivity index (χ2v) is 4.91. The molecule has 1 saturated carbocycles. The summed E-state index contributed by atoms with van der Waals surface area (Å²) in [5.41, 5.74) is 0. The van der Waals surface area contributed by atoms with E-state index in [1.54, 1.807) is 0 Å². The lowest BCUT2D eigenvalue weighted by Gasteiger charge is -2.24. The molecule has 1 aliphatic carbocycles. The highest BCUT2D eigenvalue weighted by Gasteiger charge is 2.37. The standard InChI is InChI=1S/C11H18ClNO2/c1-8-6-9(7-15-8)11(14)13(5-4-12)10-2-3-10/h8-10H,2-7H2,1H3. The third kappa shape index (κ3) is 2.64. The molecular weight excluding hydrogens is 214 g/mol. The molecule has 1 aliphatic heterocycles. The molecule has 0 spiro atoms. The van der Waals surface area contributed by atoms with E-state index in [2.05, 4.69) is 0 Å². The topological polar surface area (TPSA) is 29.5 Å². The van der Waals surface area contributed by atoms with Gasteiger partial charge < -0.3 is 9.64 Å². The number of nitrogens with zero attached hydrogens (tertiary/aromatic N) is 1. The molecule has 0 aromatic heterocycles. The Hall–Kier alpha value is -0.280. The van der Waals surface area contributed by atoms with Crippen LogP contribution >= 0.6 is 11.6 Å². The van der Waals surface area contributed by atoms with Gasteiger partial charge in [-0.1, -0.05) is 0 Å². The number of ether oxygens (including phenoxy) is 1. The second-order valence-electron chi connectivity index (χ2n) is 4.53. The first-order valence-corrected chi connectivity index (χ1v) is 6.24. The first kappa shape index (κ1) is 11.2. The van der Waals surface area contributed by atoms with Crippen LogP contribution < -0.4 is 0 Å². The molecular formula is C11H18ClNO2. The zero-order valence-corrected chi connectivity index (χ0v) is 9.87. The van der Waals surface area contributed by atoms with Gasteiger partial charge in [-0.15, -0.1) is 11.6 Å². The number of alkyl halides is 1. The highest BCUT2D eigenvalue weighted by atomic mass is 35.5. The maximum absolute atomic E-state index is 12.1. The Kier molecular flexibility index (Phi) is 3.52. The fourth-order valence-corrected chi connectivity index (χ4v) is 2.36. The van der Waals surface area contributed by atoms with Crippen molar-refractivity contribution in [2.75, 3.05) is 19.0 Å². The summed E-state index contributed by atoms with van der Waals surface area (Å²) in [7, 11) is 0. The maximum atomic E-state index is 12.1. The minimum atomic E-state index is 0.0730. The zero-order chi connectivity index (χ0) is 10.8. The largest absolute Gasteiger partial charge is 0.378 e. The van der Waals surface area contributed by atoms with Crippen molar-refractivity contribution in [3.05, 3.63) is 0 Å². The van der Waals surface area contributed by atoms with E-state index in [4.69, 9.17) is 16.3 Å². The molecule has 0 aromatic carbocycles. The third-order valence-electron chi connectivity index (χ3n) is 3.14. The molecule has 2 atom stereocenters. The number of amides is 1. The van der Waals surface area contributed by atoms with Gasteiger partial charge in [-0.2, -0.15) is 0 Å². The van der Waals surface area contributed by atoms with Crippen molar-refractivity contribution in [3.8, 4) is 0 Å². The van der Waals surface area contributed by atoms with E-state index in [-0.39, 0.29) is 17.9 Å². The predicted octanol–water partition coefficient (Wildman–Crippen LogP) is 1.64. The lowest BCUT2D eigenvalue weighted by molar-refractivity contribution is -0.135. The first-order chi connectivity index (χ1) is 7.22. The molecule has 0 aromatic rings. The van der Waals surface area contributed by atoms with Crippen LogP contribution in [0.5, 0.6) is 0 Å². The Morgan fingerprint density at radius 3 is 2.73 bits per heavy atom. The Morgan fingerprint density at radius 1 is 1.53 bits per heavy atom. The Balaban J connectivity index is 1.91. The fourth-order valence-electron chi connectivity index (χ4n) is 2.17. The fraction of sp³-hybridized carbons (Fsp3) is 0.909. The molecule has 2 fully saturated rings. The molecule has 0 radical (unpaired) electrons. The molecule has 86 valence electrons. The molecule has 2 aliphatic rings. The molecule has 1 heterocycles. The highest BCUT2D eigenvalue weighted by molar-refractivity contribution is 6.18. The van der Waals surface area contributed by atoms with E-state index < -0.39 is 0 Å². The highest BCUT2D eigenvalue weighted by Crippen LogP contribution is 2.30. The zero-order valence-electron chi connectivity index (χ0n) is 9.12. The van der Waals surface area contributed by atoms with Crippen molar-refractivity contribution in [2.24, 2.45) is 5.92 Å². The Morgan fingerprint density at radius 2 is 2.27 bits per heavy atom. The van der Waals surface area contributed by atoms with Crippen molar-refractivity contribution in [2.45, 2.75) is 38.3 Å². The van der Waals surface area contributed by atoms with Crippen LogP contribution in [-0.4, -0.2) is 42.0 Å². The van der Waals surface area contributed by atoms with Gasteiger partial charge in [0.15, 0.2) is 0 Å². The normalized spacial score (nSPS) is 30.5. The maximum Gasteiger partial charge on any atom is 0.228 e. The summed E-state index contributed by atoms with van der Waals surface area (Å²) in [5.74, 6) is 0.858. The summed E-state index contributed by atoms with van der Waals surface area (Å²) >= 11 is 5.72.